The fraction of sp³-hybridized carbons (Fsp3) is 0.452. The predicted octanol–water partition coefficient (Wildman–Crippen LogP) is 7.11. The van der Waals surface area contributed by atoms with Gasteiger partial charge in [-0.2, -0.15) is 4.98 Å². The molecule has 0 aliphatic heterocycles. The van der Waals surface area contributed by atoms with Crippen molar-refractivity contribution in [2.75, 3.05) is 20.8 Å². The third kappa shape index (κ3) is 8.18. The lowest BCUT2D eigenvalue weighted by Gasteiger charge is -2.34. The predicted molar refractivity (Wildman–Crippen MR) is 166 cm³/mol. The quantitative estimate of drug-likeness (QED) is 0.165. The molecule has 1 heterocycles. The van der Waals surface area contributed by atoms with Gasteiger partial charge in [-0.25, -0.2) is 4.79 Å². The molecule has 0 aliphatic carbocycles. The summed E-state index contributed by atoms with van der Waals surface area (Å²) in [5.74, 6) is 0.194. The van der Waals surface area contributed by atoms with Crippen LogP contribution in [0.25, 0.3) is 0 Å². The normalized spacial score (nSPS) is 12.2. The van der Waals surface area contributed by atoms with Crippen LogP contribution in [0.4, 0.5) is 0 Å². The number of nitrogens with zero attached hydrogens (tertiary/aromatic N) is 2. The molecule has 1 N–H and O–H groups in total. The highest BCUT2D eigenvalue weighted by atomic mass is 32.2. The highest BCUT2D eigenvalue weighted by molar-refractivity contribution is 7.29. The van der Waals surface area contributed by atoms with Crippen LogP contribution in [-0.2, 0) is 23.3 Å². The van der Waals surface area contributed by atoms with E-state index in [2.05, 4.69) is 51.0 Å². The molecule has 222 valence electrons. The standard InChI is InChI=1S/C31H42N2O6SSi/c1-22-26(37-5)17-24(18-27(22)38-6)29(34)33(16-12-15-23-13-10-9-11-14-23)19-28-32-25(30(35)36)20-40(28)21-39-41(7,8)31(2,3)4/h9-11,13-14,17-18,20H,12,15-16,19,21H2,1-8H3/p+1. The first-order chi connectivity index (χ1) is 19.3. The second kappa shape index (κ2) is 13.6. The molecule has 0 spiro atoms. The highest BCUT2D eigenvalue weighted by Gasteiger charge is 2.39. The number of carbonyl (C=O) groups is 2. The van der Waals surface area contributed by atoms with Gasteiger partial charge in [-0.15, -0.1) is 0 Å². The summed E-state index contributed by atoms with van der Waals surface area (Å²) in [5, 5.41) is 12.0. The Morgan fingerprint density at radius 1 is 1.05 bits per heavy atom. The number of benzene rings is 2. The lowest BCUT2D eigenvalue weighted by atomic mass is 10.1. The minimum absolute atomic E-state index is 0.00229. The van der Waals surface area contributed by atoms with E-state index in [4.69, 9.17) is 13.9 Å². The molecule has 0 saturated carbocycles. The van der Waals surface area contributed by atoms with Crippen molar-refractivity contribution in [3.05, 3.63) is 75.2 Å². The summed E-state index contributed by atoms with van der Waals surface area (Å²) in [4.78, 5) is 32.1. The minimum atomic E-state index is -2.08. The Kier molecular flexibility index (Phi) is 10.7. The van der Waals surface area contributed by atoms with E-state index < -0.39 is 24.8 Å². The monoisotopic (exact) mass is 599 g/mol. The smallest absolute Gasteiger partial charge is 0.359 e. The van der Waals surface area contributed by atoms with Gasteiger partial charge >= 0.3 is 5.97 Å². The van der Waals surface area contributed by atoms with E-state index >= 15 is 0 Å². The molecule has 10 heteroatoms. The summed E-state index contributed by atoms with van der Waals surface area (Å²) in [6.45, 7) is 13.4. The van der Waals surface area contributed by atoms with Crippen LogP contribution in [-0.4, -0.2) is 55.9 Å². The van der Waals surface area contributed by atoms with Crippen LogP contribution >= 0.6 is 10.5 Å². The third-order valence-electron chi connectivity index (χ3n) is 7.72. The third-order valence-corrected chi connectivity index (χ3v) is 14.1. The van der Waals surface area contributed by atoms with Gasteiger partial charge in [0.05, 0.1) is 14.2 Å². The number of methoxy groups -OCH3 is 2. The number of carboxylic acids is 1. The van der Waals surface area contributed by atoms with E-state index in [9.17, 15) is 14.7 Å². The Labute approximate surface area is 247 Å². The fourth-order valence-corrected chi connectivity index (χ4v) is 7.51. The van der Waals surface area contributed by atoms with E-state index in [1.807, 2.05) is 25.1 Å². The molecule has 8 nitrogen and oxygen atoms in total. The largest absolute Gasteiger partial charge is 0.496 e. The summed E-state index contributed by atoms with van der Waals surface area (Å²) in [6.07, 6.45) is 1.53. The molecule has 2 aromatic carbocycles. The van der Waals surface area contributed by atoms with Crippen LogP contribution in [0.2, 0.25) is 18.1 Å². The Hall–Kier alpha value is -3.21. The van der Waals surface area contributed by atoms with Crippen molar-refractivity contribution in [1.29, 1.82) is 0 Å². The SMILES string of the molecule is COc1cc(C(=O)N(CCCc2ccccc2)Cc2nc(C(=O)O)c[s+]2CO[Si](C)(C)C(C)(C)C)cc(OC)c1C. The average molecular weight is 600 g/mol. The van der Waals surface area contributed by atoms with Crippen molar-refractivity contribution in [2.45, 2.75) is 71.2 Å². The van der Waals surface area contributed by atoms with Gasteiger partial charge in [0, 0.05) is 28.1 Å². The van der Waals surface area contributed by atoms with E-state index in [1.165, 1.54) is 5.56 Å². The van der Waals surface area contributed by atoms with Crippen molar-refractivity contribution >= 4 is 30.7 Å². The number of carbonyl (C=O) groups excluding carboxylic acids is 1. The summed E-state index contributed by atoms with van der Waals surface area (Å²) < 4.78 is 17.5. The maximum atomic E-state index is 14.0. The number of thiazole rings is 1. The van der Waals surface area contributed by atoms with Gasteiger partial charge < -0.3 is 23.9 Å². The van der Waals surface area contributed by atoms with Crippen molar-refractivity contribution < 1.29 is 28.6 Å². The number of aryl methyl sites for hydroxylation is 1. The van der Waals surface area contributed by atoms with Crippen molar-refractivity contribution in [1.82, 2.24) is 9.88 Å². The van der Waals surface area contributed by atoms with Gasteiger partial charge in [-0.1, -0.05) is 51.1 Å². The molecule has 41 heavy (non-hydrogen) atoms. The van der Waals surface area contributed by atoms with Crippen LogP contribution in [0.15, 0.2) is 47.8 Å². The van der Waals surface area contributed by atoms with E-state index in [1.54, 1.807) is 36.6 Å². The zero-order valence-corrected chi connectivity index (χ0v) is 27.3. The highest BCUT2D eigenvalue weighted by Crippen LogP contribution is 2.39. The second-order valence-electron chi connectivity index (χ2n) is 11.6. The van der Waals surface area contributed by atoms with Crippen LogP contribution in [0.1, 0.15) is 64.2 Å². The minimum Gasteiger partial charge on any atom is -0.496 e. The molecule has 1 unspecified atom stereocenters. The van der Waals surface area contributed by atoms with Crippen LogP contribution in [0.5, 0.6) is 11.5 Å². The number of ether oxygens (including phenoxy) is 2. The summed E-state index contributed by atoms with van der Waals surface area (Å²) in [6, 6.07) is 13.6. The molecule has 1 aromatic heterocycles. The second-order valence-corrected chi connectivity index (χ2v) is 18.2. The van der Waals surface area contributed by atoms with Gasteiger partial charge in [0.2, 0.25) is 11.6 Å². The number of amides is 1. The summed E-state index contributed by atoms with van der Waals surface area (Å²) in [7, 11) is 0.372. The number of carboxylic acid groups (broad SMARTS) is 1. The molecule has 3 aromatic rings. The van der Waals surface area contributed by atoms with Crippen molar-refractivity contribution in [3.8, 4) is 11.5 Å². The molecule has 0 fully saturated rings. The molecule has 0 aliphatic rings. The number of aromatic nitrogens is 1. The van der Waals surface area contributed by atoms with Gasteiger partial charge in [0.25, 0.3) is 10.9 Å². The Morgan fingerprint density at radius 3 is 2.20 bits per heavy atom. The van der Waals surface area contributed by atoms with E-state index in [0.717, 1.165) is 18.4 Å². The van der Waals surface area contributed by atoms with Crippen LogP contribution in [0.3, 0.4) is 0 Å². The fourth-order valence-electron chi connectivity index (χ4n) is 4.09. The molecular formula is C31H43N2O6SSi+. The first kappa shape index (κ1) is 32.3. The zero-order chi connectivity index (χ0) is 30.4. The maximum Gasteiger partial charge on any atom is 0.359 e. The first-order valence-electron chi connectivity index (χ1n) is 13.7. The molecule has 1 amide bonds. The maximum absolute atomic E-state index is 14.0. The molecular weight excluding hydrogens is 557 g/mol. The Morgan fingerprint density at radius 2 is 1.66 bits per heavy atom. The van der Waals surface area contributed by atoms with Crippen molar-refractivity contribution in [2.24, 2.45) is 0 Å². The van der Waals surface area contributed by atoms with Gasteiger partial charge in [-0.05, 0) is 55.6 Å². The molecule has 3 rings (SSSR count). The van der Waals surface area contributed by atoms with Gasteiger partial charge in [0.1, 0.15) is 18.0 Å². The number of rotatable bonds is 13. The molecule has 0 saturated heterocycles. The van der Waals surface area contributed by atoms with E-state index in [0.29, 0.717) is 34.6 Å². The first-order valence-corrected chi connectivity index (χ1v) is 18.1. The lowest BCUT2D eigenvalue weighted by molar-refractivity contribution is 0.0691. The Bertz CT molecular complexity index is 1330. The number of aromatic carboxylic acids is 1. The van der Waals surface area contributed by atoms with Gasteiger partial charge in [-0.3, -0.25) is 4.79 Å². The van der Waals surface area contributed by atoms with Crippen molar-refractivity contribution in [3.63, 3.8) is 0 Å². The molecule has 1 atom stereocenters. The number of hydrogen-bond donors (Lipinski definition) is 1. The number of hydrogen-bond acceptors (Lipinski definition) is 6. The topological polar surface area (TPSA) is 98.2 Å². The van der Waals surface area contributed by atoms with E-state index in [-0.39, 0.29) is 23.2 Å². The summed E-state index contributed by atoms with van der Waals surface area (Å²) >= 11 is 0. The summed E-state index contributed by atoms with van der Waals surface area (Å²) in [5.41, 5.74) is 2.43. The Balaban J connectivity index is 1.95. The molecule has 0 radical (unpaired) electrons. The average Bonchev–Trinajstić information content (AvgIpc) is 3.34. The lowest BCUT2D eigenvalue weighted by Crippen LogP contribution is -2.40. The van der Waals surface area contributed by atoms with Gasteiger partial charge in [0.15, 0.2) is 13.7 Å². The zero-order valence-electron chi connectivity index (χ0n) is 25.4. The van der Waals surface area contributed by atoms with Crippen LogP contribution < -0.4 is 9.47 Å². The van der Waals surface area contributed by atoms with Crippen LogP contribution in [0, 0.1) is 6.92 Å². The molecule has 0 bridgehead atoms.